The van der Waals surface area contributed by atoms with Crippen LogP contribution in [-0.2, 0) is 19.1 Å². The SMILES string of the molecule is CCCCCCCC/C=C\CCCCCCCC(=O)OCC(OC(=O)CCCCCCC/C=C\CCCCCCCC)C(C)N(C)C. The summed E-state index contributed by atoms with van der Waals surface area (Å²) >= 11 is 0. The quantitative estimate of drug-likeness (QED) is 0.0384. The Bertz CT molecular complexity index is 747. The Morgan fingerprint density at radius 2 is 0.851 bits per heavy atom. The number of carbonyl (C=O) groups excluding carboxylic acids is 2. The summed E-state index contributed by atoms with van der Waals surface area (Å²) < 4.78 is 11.4. The van der Waals surface area contributed by atoms with Gasteiger partial charge in [-0.05, 0) is 85.2 Å². The van der Waals surface area contributed by atoms with Gasteiger partial charge in [0.15, 0.2) is 6.10 Å². The summed E-state index contributed by atoms with van der Waals surface area (Å²) in [5.41, 5.74) is 0. The summed E-state index contributed by atoms with van der Waals surface area (Å²) in [5.74, 6) is -0.374. The number of hydrogen-bond acceptors (Lipinski definition) is 5. The zero-order valence-electron chi connectivity index (χ0n) is 32.1. The molecule has 0 heterocycles. The molecule has 0 fully saturated rings. The molecular formula is C42H79NO4. The first-order valence-electron chi connectivity index (χ1n) is 20.2. The monoisotopic (exact) mass is 662 g/mol. The van der Waals surface area contributed by atoms with E-state index in [1.54, 1.807) is 0 Å². The first-order chi connectivity index (χ1) is 22.9. The van der Waals surface area contributed by atoms with E-state index in [-0.39, 0.29) is 24.6 Å². The van der Waals surface area contributed by atoms with E-state index in [4.69, 9.17) is 9.47 Å². The van der Waals surface area contributed by atoms with Gasteiger partial charge < -0.3 is 14.4 Å². The number of ether oxygens (including phenoxy) is 2. The third-order valence-corrected chi connectivity index (χ3v) is 9.33. The summed E-state index contributed by atoms with van der Waals surface area (Å²) in [6.45, 7) is 6.67. The van der Waals surface area contributed by atoms with Crippen LogP contribution in [0.4, 0.5) is 0 Å². The van der Waals surface area contributed by atoms with Gasteiger partial charge in [0.1, 0.15) is 6.61 Å². The van der Waals surface area contributed by atoms with Gasteiger partial charge in [-0.15, -0.1) is 0 Å². The number of allylic oxidation sites excluding steroid dienone is 4. The predicted octanol–water partition coefficient (Wildman–Crippen LogP) is 12.5. The van der Waals surface area contributed by atoms with Crippen molar-refractivity contribution in [2.75, 3.05) is 20.7 Å². The smallest absolute Gasteiger partial charge is 0.306 e. The second-order valence-electron chi connectivity index (χ2n) is 14.1. The summed E-state index contributed by atoms with van der Waals surface area (Å²) in [7, 11) is 3.92. The lowest BCUT2D eigenvalue weighted by Crippen LogP contribution is -2.42. The Morgan fingerprint density at radius 1 is 0.511 bits per heavy atom. The van der Waals surface area contributed by atoms with Crippen molar-refractivity contribution in [2.45, 2.75) is 213 Å². The van der Waals surface area contributed by atoms with Crippen molar-refractivity contribution in [1.29, 1.82) is 0 Å². The molecule has 0 amide bonds. The molecular weight excluding hydrogens is 582 g/mol. The molecule has 276 valence electrons. The highest BCUT2D eigenvalue weighted by Crippen LogP contribution is 2.14. The Morgan fingerprint density at radius 3 is 1.23 bits per heavy atom. The van der Waals surface area contributed by atoms with Crippen molar-refractivity contribution in [3.8, 4) is 0 Å². The van der Waals surface area contributed by atoms with Crippen molar-refractivity contribution in [1.82, 2.24) is 4.90 Å². The van der Waals surface area contributed by atoms with Crippen LogP contribution >= 0.6 is 0 Å². The summed E-state index contributed by atoms with van der Waals surface area (Å²) in [6, 6.07) is -0.0271. The summed E-state index contributed by atoms with van der Waals surface area (Å²) in [6.07, 6.45) is 41.9. The zero-order valence-corrected chi connectivity index (χ0v) is 32.1. The lowest BCUT2D eigenvalue weighted by molar-refractivity contribution is -0.162. The molecule has 5 nitrogen and oxygen atoms in total. The van der Waals surface area contributed by atoms with E-state index in [1.165, 1.54) is 122 Å². The third-order valence-electron chi connectivity index (χ3n) is 9.33. The molecule has 2 unspecified atom stereocenters. The average molecular weight is 662 g/mol. The molecule has 0 aliphatic heterocycles. The van der Waals surface area contributed by atoms with E-state index >= 15 is 0 Å². The van der Waals surface area contributed by atoms with Crippen molar-refractivity contribution in [3.05, 3.63) is 24.3 Å². The molecule has 0 aromatic rings. The van der Waals surface area contributed by atoms with Crippen LogP contribution in [0.2, 0.25) is 0 Å². The number of hydrogen-bond donors (Lipinski definition) is 0. The van der Waals surface area contributed by atoms with Crippen LogP contribution in [0.15, 0.2) is 24.3 Å². The lowest BCUT2D eigenvalue weighted by atomic mass is 10.1. The first-order valence-corrected chi connectivity index (χ1v) is 20.2. The molecule has 0 rings (SSSR count). The van der Waals surface area contributed by atoms with Gasteiger partial charge in [-0.2, -0.15) is 0 Å². The molecule has 0 N–H and O–H groups in total. The highest BCUT2D eigenvalue weighted by Gasteiger charge is 2.25. The van der Waals surface area contributed by atoms with Crippen LogP contribution in [0.25, 0.3) is 0 Å². The Hall–Kier alpha value is -1.62. The third kappa shape index (κ3) is 32.7. The van der Waals surface area contributed by atoms with Gasteiger partial charge in [0.05, 0.1) is 0 Å². The molecule has 0 aromatic heterocycles. The van der Waals surface area contributed by atoms with Gasteiger partial charge in [0.25, 0.3) is 0 Å². The number of nitrogens with zero attached hydrogens (tertiary/aromatic N) is 1. The van der Waals surface area contributed by atoms with Crippen LogP contribution in [0.3, 0.4) is 0 Å². The molecule has 0 bridgehead atoms. The molecule has 5 heteroatoms. The highest BCUT2D eigenvalue weighted by atomic mass is 16.6. The van der Waals surface area contributed by atoms with Gasteiger partial charge in [0, 0.05) is 18.9 Å². The van der Waals surface area contributed by atoms with E-state index in [9.17, 15) is 9.59 Å². The van der Waals surface area contributed by atoms with Crippen LogP contribution in [0, 0.1) is 0 Å². The normalized spacial score (nSPS) is 13.1. The maximum Gasteiger partial charge on any atom is 0.306 e. The molecule has 0 spiro atoms. The van der Waals surface area contributed by atoms with Crippen LogP contribution < -0.4 is 0 Å². The first kappa shape index (κ1) is 45.4. The fourth-order valence-corrected chi connectivity index (χ4v) is 5.76. The van der Waals surface area contributed by atoms with E-state index in [1.807, 2.05) is 25.9 Å². The van der Waals surface area contributed by atoms with Gasteiger partial charge in [0.2, 0.25) is 0 Å². The topological polar surface area (TPSA) is 55.8 Å². The number of unbranched alkanes of at least 4 members (excludes halogenated alkanes) is 22. The Kier molecular flexibility index (Phi) is 34.5. The standard InChI is InChI=1S/C42H79NO4/c1-6-8-10-12-14-16-18-20-22-24-26-28-30-32-34-36-41(44)46-38-40(39(3)43(4)5)47-42(45)37-35-33-31-29-27-25-23-21-19-17-15-13-11-9-7-2/h20-23,39-40H,6-19,24-38H2,1-5H3/b22-20-,23-21-. The molecule has 0 aromatic carbocycles. The second-order valence-corrected chi connectivity index (χ2v) is 14.1. The zero-order chi connectivity index (χ0) is 34.6. The minimum atomic E-state index is -0.446. The molecule has 0 aliphatic carbocycles. The van der Waals surface area contributed by atoms with E-state index < -0.39 is 6.10 Å². The number of likely N-dealkylation sites (N-methyl/N-ethyl adjacent to an activating group) is 1. The molecule has 47 heavy (non-hydrogen) atoms. The number of carbonyl (C=O) groups is 2. The van der Waals surface area contributed by atoms with Crippen molar-refractivity contribution in [2.24, 2.45) is 0 Å². The molecule has 0 saturated heterocycles. The van der Waals surface area contributed by atoms with Gasteiger partial charge in [-0.25, -0.2) is 0 Å². The average Bonchev–Trinajstić information content (AvgIpc) is 3.06. The lowest BCUT2D eigenvalue weighted by Gasteiger charge is -2.28. The molecule has 2 atom stereocenters. The van der Waals surface area contributed by atoms with Crippen molar-refractivity contribution in [3.63, 3.8) is 0 Å². The van der Waals surface area contributed by atoms with Crippen molar-refractivity contribution >= 4 is 11.9 Å². The van der Waals surface area contributed by atoms with E-state index in [2.05, 4.69) is 38.2 Å². The molecule has 0 saturated carbocycles. The van der Waals surface area contributed by atoms with Crippen LogP contribution in [0.5, 0.6) is 0 Å². The van der Waals surface area contributed by atoms with Crippen molar-refractivity contribution < 1.29 is 19.1 Å². The maximum absolute atomic E-state index is 12.6. The second kappa shape index (κ2) is 35.7. The van der Waals surface area contributed by atoms with E-state index in [0.717, 1.165) is 44.9 Å². The fourth-order valence-electron chi connectivity index (χ4n) is 5.76. The summed E-state index contributed by atoms with van der Waals surface area (Å²) in [4.78, 5) is 27.0. The summed E-state index contributed by atoms with van der Waals surface area (Å²) in [5, 5.41) is 0. The minimum absolute atomic E-state index is 0.0271. The van der Waals surface area contributed by atoms with Gasteiger partial charge >= 0.3 is 11.9 Å². The van der Waals surface area contributed by atoms with Crippen LogP contribution in [0.1, 0.15) is 201 Å². The van der Waals surface area contributed by atoms with E-state index in [0.29, 0.717) is 12.8 Å². The van der Waals surface area contributed by atoms with Gasteiger partial charge in [-0.1, -0.05) is 141 Å². The number of esters is 2. The minimum Gasteiger partial charge on any atom is -0.462 e. The predicted molar refractivity (Wildman–Crippen MR) is 203 cm³/mol. The molecule has 0 radical (unpaired) electrons. The largest absolute Gasteiger partial charge is 0.462 e. The fraction of sp³-hybridized carbons (Fsp3) is 0.857. The number of rotatable bonds is 35. The van der Waals surface area contributed by atoms with Gasteiger partial charge in [-0.3, -0.25) is 9.59 Å². The maximum atomic E-state index is 12.6. The highest BCUT2D eigenvalue weighted by molar-refractivity contribution is 5.70. The van der Waals surface area contributed by atoms with Crippen LogP contribution in [-0.4, -0.2) is 49.7 Å². The Balaban J connectivity index is 3.91. The molecule has 0 aliphatic rings. The Labute approximate surface area is 293 Å².